The second-order valence-corrected chi connectivity index (χ2v) is 7.36. The van der Waals surface area contributed by atoms with Crippen molar-refractivity contribution in [3.8, 4) is 5.88 Å². The van der Waals surface area contributed by atoms with E-state index in [4.69, 9.17) is 23.2 Å². The van der Waals surface area contributed by atoms with Gasteiger partial charge in [-0.2, -0.15) is 0 Å². The highest BCUT2D eigenvalue weighted by Gasteiger charge is 2.28. The van der Waals surface area contributed by atoms with Crippen molar-refractivity contribution in [1.82, 2.24) is 9.55 Å². The maximum absolute atomic E-state index is 14.3. The predicted molar refractivity (Wildman–Crippen MR) is 110 cm³/mol. The van der Waals surface area contributed by atoms with Gasteiger partial charge in [0.05, 0.1) is 10.6 Å². The van der Waals surface area contributed by atoms with Crippen molar-refractivity contribution in [1.29, 1.82) is 0 Å². The molecule has 0 amide bonds. The minimum atomic E-state index is -1.81. The van der Waals surface area contributed by atoms with E-state index in [1.54, 1.807) is 0 Å². The quantitative estimate of drug-likeness (QED) is 0.547. The topological polar surface area (TPSA) is 87.4 Å². The average molecular weight is 468 g/mol. The van der Waals surface area contributed by atoms with Gasteiger partial charge in [0.2, 0.25) is 5.88 Å². The van der Waals surface area contributed by atoms with E-state index < -0.39 is 40.6 Å². The molecule has 0 aliphatic carbocycles. The van der Waals surface area contributed by atoms with E-state index in [1.807, 2.05) is 0 Å². The van der Waals surface area contributed by atoms with E-state index in [9.17, 15) is 27.9 Å². The van der Waals surface area contributed by atoms with Crippen LogP contribution in [0.2, 0.25) is 10.0 Å². The van der Waals surface area contributed by atoms with Crippen molar-refractivity contribution in [3.63, 3.8) is 0 Å². The van der Waals surface area contributed by atoms with Crippen LogP contribution in [0.15, 0.2) is 34.1 Å². The van der Waals surface area contributed by atoms with E-state index in [2.05, 4.69) is 9.98 Å². The van der Waals surface area contributed by atoms with Crippen LogP contribution in [0.3, 0.4) is 0 Å². The maximum atomic E-state index is 14.3. The molecule has 31 heavy (non-hydrogen) atoms. The fraction of sp³-hybridized carbons (Fsp3) is 0.0500. The first kappa shape index (κ1) is 21.0. The number of carbonyl (C=O) groups is 1. The molecule has 1 aromatic heterocycles. The fourth-order valence-electron chi connectivity index (χ4n) is 3.28. The van der Waals surface area contributed by atoms with Crippen LogP contribution < -0.4 is 5.69 Å². The number of allylic oxidation sites excluding steroid dienone is 1. The van der Waals surface area contributed by atoms with Gasteiger partial charge in [0.15, 0.2) is 5.82 Å². The van der Waals surface area contributed by atoms with Crippen LogP contribution >= 0.6 is 23.2 Å². The number of rotatable bonds is 4. The van der Waals surface area contributed by atoms with Crippen LogP contribution in [0.5, 0.6) is 5.88 Å². The lowest BCUT2D eigenvalue weighted by atomic mass is 10.1. The van der Waals surface area contributed by atoms with Crippen molar-refractivity contribution < 1.29 is 23.1 Å². The predicted octanol–water partition coefficient (Wildman–Crippen LogP) is 4.65. The van der Waals surface area contributed by atoms with Crippen LogP contribution in [0, 0.1) is 17.5 Å². The highest BCUT2D eigenvalue weighted by atomic mass is 35.5. The molecule has 0 saturated carbocycles. The first-order chi connectivity index (χ1) is 14.7. The lowest BCUT2D eigenvalue weighted by molar-refractivity contribution is -0.109. The van der Waals surface area contributed by atoms with Crippen molar-refractivity contribution in [3.05, 3.63) is 79.1 Å². The maximum Gasteiger partial charge on any atom is 0.329 e. The molecular formula is C20H10Cl2F3N3O3. The summed E-state index contributed by atoms with van der Waals surface area (Å²) in [7, 11) is 0. The molecule has 0 bridgehead atoms. The summed E-state index contributed by atoms with van der Waals surface area (Å²) in [5.41, 5.74) is -1.31. The van der Waals surface area contributed by atoms with Gasteiger partial charge >= 0.3 is 5.69 Å². The smallest absolute Gasteiger partial charge is 0.329 e. The molecule has 0 saturated heterocycles. The summed E-state index contributed by atoms with van der Waals surface area (Å²) in [6, 6.07) is 2.56. The summed E-state index contributed by atoms with van der Waals surface area (Å²) in [4.78, 5) is 30.3. The lowest BCUT2D eigenvalue weighted by Gasteiger charge is -2.14. The Kier molecular flexibility index (Phi) is 5.24. The molecular weight excluding hydrogens is 458 g/mol. The molecule has 1 aliphatic heterocycles. The Morgan fingerprint density at radius 2 is 1.84 bits per heavy atom. The third-order valence-electron chi connectivity index (χ3n) is 4.69. The minimum absolute atomic E-state index is 0.0175. The van der Waals surface area contributed by atoms with E-state index in [0.29, 0.717) is 15.7 Å². The van der Waals surface area contributed by atoms with Crippen LogP contribution in [0.25, 0.3) is 11.6 Å². The highest BCUT2D eigenvalue weighted by Crippen LogP contribution is 2.38. The van der Waals surface area contributed by atoms with Gasteiger partial charge in [0.25, 0.3) is 0 Å². The minimum Gasteiger partial charge on any atom is -0.493 e. The average Bonchev–Trinajstić information content (AvgIpc) is 3.23. The Morgan fingerprint density at radius 1 is 1.16 bits per heavy atom. The first-order valence-corrected chi connectivity index (χ1v) is 9.35. The van der Waals surface area contributed by atoms with E-state index in [0.717, 1.165) is 12.1 Å². The number of hydrogen-bond acceptors (Lipinski definition) is 4. The number of benzene rings is 2. The second kappa shape index (κ2) is 7.75. The van der Waals surface area contributed by atoms with Gasteiger partial charge < -0.3 is 14.9 Å². The van der Waals surface area contributed by atoms with Gasteiger partial charge in [0.1, 0.15) is 35.3 Å². The number of hydrogen-bond donors (Lipinski definition) is 2. The summed E-state index contributed by atoms with van der Waals surface area (Å²) in [6.07, 6.45) is 2.66. The van der Waals surface area contributed by atoms with Crippen molar-refractivity contribution in [2.24, 2.45) is 4.99 Å². The number of aromatic amines is 1. The SMILES string of the molecule is O=CC(c1c(F)cc(Cl)cc1F)n1c(O)c(/C=C2\C=Nc3c2ccc(Cl)c3F)[nH]c1=O. The monoisotopic (exact) mass is 467 g/mol. The molecule has 1 aliphatic rings. The van der Waals surface area contributed by atoms with E-state index >= 15 is 0 Å². The van der Waals surface area contributed by atoms with E-state index in [1.165, 1.54) is 24.4 Å². The number of nitrogens with zero attached hydrogens (tertiary/aromatic N) is 2. The number of carbonyl (C=O) groups excluding carboxylic acids is 1. The van der Waals surface area contributed by atoms with Crippen LogP contribution in [-0.4, -0.2) is 27.2 Å². The zero-order chi connectivity index (χ0) is 22.4. The molecule has 2 aromatic carbocycles. The summed E-state index contributed by atoms with van der Waals surface area (Å²) >= 11 is 11.3. The van der Waals surface area contributed by atoms with Crippen molar-refractivity contribution in [2.45, 2.75) is 6.04 Å². The number of imidazole rings is 1. The molecule has 3 aromatic rings. The van der Waals surface area contributed by atoms with Crippen LogP contribution in [0.1, 0.15) is 22.9 Å². The number of halogens is 5. The van der Waals surface area contributed by atoms with Gasteiger partial charge in [-0.05, 0) is 24.3 Å². The zero-order valence-corrected chi connectivity index (χ0v) is 16.7. The number of fused-ring (bicyclic) bond motifs is 1. The third-order valence-corrected chi connectivity index (χ3v) is 5.20. The number of aromatic nitrogens is 2. The number of aromatic hydroxyl groups is 1. The number of nitrogens with one attached hydrogen (secondary N) is 1. The number of aldehydes is 1. The molecule has 2 N–H and O–H groups in total. The Labute approximate surface area is 181 Å². The zero-order valence-electron chi connectivity index (χ0n) is 15.2. The second-order valence-electron chi connectivity index (χ2n) is 6.52. The fourth-order valence-corrected chi connectivity index (χ4v) is 3.63. The molecule has 6 nitrogen and oxygen atoms in total. The molecule has 1 atom stereocenters. The molecule has 0 fully saturated rings. The summed E-state index contributed by atoms with van der Waals surface area (Å²) < 4.78 is 43.2. The summed E-state index contributed by atoms with van der Waals surface area (Å²) in [5, 5.41) is 10.2. The molecule has 2 heterocycles. The Hall–Kier alpha value is -3.30. The van der Waals surface area contributed by atoms with Gasteiger partial charge in [-0.3, -0.25) is 4.99 Å². The van der Waals surface area contributed by atoms with Gasteiger partial charge in [-0.1, -0.05) is 29.3 Å². The first-order valence-electron chi connectivity index (χ1n) is 8.60. The van der Waals surface area contributed by atoms with Crippen molar-refractivity contribution in [2.75, 3.05) is 0 Å². The molecule has 158 valence electrons. The number of aliphatic imine (C=N–C) groups is 1. The van der Waals surface area contributed by atoms with Crippen molar-refractivity contribution >= 4 is 53.0 Å². The number of H-pyrrole nitrogens is 1. The lowest BCUT2D eigenvalue weighted by Crippen LogP contribution is -2.25. The standard InChI is InChI=1S/C20H10Cl2F3N3O3/c21-9-4-12(23)16(13(24)5-9)15(7-29)28-19(30)14(27-20(28)31)3-8-6-26-18-10(8)1-2-11(22)17(18)25/h1-7,15,30H,(H,27,31)/b8-3+. The Bertz CT molecular complexity index is 1340. The summed E-state index contributed by atoms with van der Waals surface area (Å²) in [6.45, 7) is 0. The third kappa shape index (κ3) is 3.45. The van der Waals surface area contributed by atoms with Crippen LogP contribution in [0.4, 0.5) is 18.9 Å². The highest BCUT2D eigenvalue weighted by molar-refractivity contribution is 6.32. The normalized spacial score (nSPS) is 14.8. The van der Waals surface area contributed by atoms with Gasteiger partial charge in [0, 0.05) is 22.4 Å². The van der Waals surface area contributed by atoms with E-state index in [-0.39, 0.29) is 27.7 Å². The van der Waals surface area contributed by atoms with Gasteiger partial charge in [-0.15, -0.1) is 0 Å². The Morgan fingerprint density at radius 3 is 2.48 bits per heavy atom. The molecule has 0 spiro atoms. The summed E-state index contributed by atoms with van der Waals surface area (Å²) in [5.74, 6) is -3.83. The molecule has 11 heteroatoms. The van der Waals surface area contributed by atoms with Gasteiger partial charge in [-0.25, -0.2) is 22.5 Å². The Balaban J connectivity index is 1.83. The van der Waals surface area contributed by atoms with Crippen LogP contribution in [-0.2, 0) is 4.79 Å². The molecule has 4 rings (SSSR count). The molecule has 0 radical (unpaired) electrons. The molecule has 1 unspecified atom stereocenters. The largest absolute Gasteiger partial charge is 0.493 e.